The molecule has 0 radical (unpaired) electrons. The Kier molecular flexibility index (Phi) is 5.04. The Balaban J connectivity index is 1.52. The van der Waals surface area contributed by atoms with Crippen molar-refractivity contribution in [3.63, 3.8) is 0 Å². The van der Waals surface area contributed by atoms with E-state index in [1.165, 1.54) is 32.4 Å². The van der Waals surface area contributed by atoms with Crippen LogP contribution in [0.2, 0.25) is 0 Å². The van der Waals surface area contributed by atoms with Gasteiger partial charge in [0.05, 0.1) is 5.69 Å². The highest BCUT2D eigenvalue weighted by molar-refractivity contribution is 7.13. The molecule has 1 aromatic heterocycles. The van der Waals surface area contributed by atoms with E-state index in [-0.39, 0.29) is 11.8 Å². The first-order chi connectivity index (χ1) is 10.3. The van der Waals surface area contributed by atoms with Crippen LogP contribution in [0.25, 0.3) is 0 Å². The van der Waals surface area contributed by atoms with Crippen molar-refractivity contribution in [2.75, 3.05) is 18.4 Å². The molecule has 1 aromatic rings. The smallest absolute Gasteiger partial charge is 0.229 e. The van der Waals surface area contributed by atoms with Crippen molar-refractivity contribution in [3.8, 4) is 0 Å². The Labute approximate surface area is 130 Å². The predicted octanol–water partition coefficient (Wildman–Crippen LogP) is 3.42. The van der Waals surface area contributed by atoms with Crippen molar-refractivity contribution in [3.05, 3.63) is 23.2 Å². The summed E-state index contributed by atoms with van der Waals surface area (Å²) in [4.78, 5) is 19.2. The molecular weight excluding hydrogens is 282 g/mol. The maximum absolute atomic E-state index is 12.2. The number of hydrogen-bond donors (Lipinski definition) is 1. The Hall–Kier alpha value is -1.20. The van der Waals surface area contributed by atoms with Crippen LogP contribution in [0.3, 0.4) is 0 Å². The summed E-state index contributed by atoms with van der Waals surface area (Å²) in [6, 6.07) is 0. The minimum atomic E-state index is 0.115. The average molecular weight is 305 g/mol. The second-order valence-electron chi connectivity index (χ2n) is 5.95. The van der Waals surface area contributed by atoms with Crippen molar-refractivity contribution >= 4 is 22.4 Å². The Morgan fingerprint density at radius 3 is 2.95 bits per heavy atom. The monoisotopic (exact) mass is 305 g/mol. The normalized spacial score (nSPS) is 23.1. The van der Waals surface area contributed by atoms with Crippen LogP contribution in [0.15, 0.2) is 17.5 Å². The highest BCUT2D eigenvalue weighted by atomic mass is 32.1. The van der Waals surface area contributed by atoms with E-state index in [1.54, 1.807) is 11.3 Å². The highest BCUT2D eigenvalue weighted by Gasteiger charge is 2.20. The topological polar surface area (TPSA) is 45.2 Å². The Morgan fingerprint density at radius 2 is 2.19 bits per heavy atom. The molecule has 2 aliphatic rings. The van der Waals surface area contributed by atoms with Gasteiger partial charge in [0.1, 0.15) is 0 Å². The Bertz CT molecular complexity index is 505. The van der Waals surface area contributed by atoms with Gasteiger partial charge in [-0.15, -0.1) is 11.3 Å². The largest absolute Gasteiger partial charge is 0.302 e. The van der Waals surface area contributed by atoms with Crippen LogP contribution in [0.1, 0.15) is 44.2 Å². The molecule has 0 saturated carbocycles. The fraction of sp³-hybridized carbons (Fsp3) is 0.625. The van der Waals surface area contributed by atoms with Crippen LogP contribution in [0.4, 0.5) is 5.13 Å². The van der Waals surface area contributed by atoms with Gasteiger partial charge in [0.2, 0.25) is 5.91 Å². The van der Waals surface area contributed by atoms with E-state index in [0.29, 0.717) is 0 Å². The van der Waals surface area contributed by atoms with E-state index >= 15 is 0 Å². The van der Waals surface area contributed by atoms with Crippen molar-refractivity contribution in [1.29, 1.82) is 0 Å². The zero-order valence-electron chi connectivity index (χ0n) is 12.4. The molecule has 5 heteroatoms. The zero-order valence-corrected chi connectivity index (χ0v) is 13.2. The molecule has 21 heavy (non-hydrogen) atoms. The molecule has 0 aromatic carbocycles. The van der Waals surface area contributed by atoms with Gasteiger partial charge in [0, 0.05) is 17.8 Å². The van der Waals surface area contributed by atoms with Crippen molar-refractivity contribution in [2.24, 2.45) is 5.92 Å². The molecule has 1 N–H and O–H groups in total. The van der Waals surface area contributed by atoms with E-state index in [4.69, 9.17) is 0 Å². The van der Waals surface area contributed by atoms with Gasteiger partial charge in [0.25, 0.3) is 0 Å². The molecule has 1 aliphatic heterocycles. The molecule has 2 heterocycles. The summed E-state index contributed by atoms with van der Waals surface area (Å²) in [5.74, 6) is 0.239. The molecule has 1 saturated heterocycles. The molecule has 1 amide bonds. The number of amides is 1. The minimum absolute atomic E-state index is 0.115. The molecule has 0 bridgehead atoms. The summed E-state index contributed by atoms with van der Waals surface area (Å²) < 4.78 is 0. The molecule has 1 unspecified atom stereocenters. The molecular formula is C16H23N3OS. The van der Waals surface area contributed by atoms with Crippen LogP contribution in [0, 0.1) is 5.92 Å². The highest BCUT2D eigenvalue weighted by Crippen LogP contribution is 2.23. The molecule has 1 fully saturated rings. The van der Waals surface area contributed by atoms with Crippen molar-refractivity contribution < 1.29 is 4.79 Å². The number of carbonyl (C=O) groups is 1. The van der Waals surface area contributed by atoms with E-state index in [2.05, 4.69) is 32.7 Å². The summed E-state index contributed by atoms with van der Waals surface area (Å²) in [6.45, 7) is 3.26. The fourth-order valence-corrected chi connectivity index (χ4v) is 3.73. The number of piperidine rings is 1. The molecule has 0 spiro atoms. The number of rotatable bonds is 4. The van der Waals surface area contributed by atoms with Gasteiger partial charge in [-0.25, -0.2) is 4.98 Å². The van der Waals surface area contributed by atoms with E-state index in [0.717, 1.165) is 36.6 Å². The average Bonchev–Trinajstić information content (AvgIpc) is 2.96. The third-order valence-electron chi connectivity index (χ3n) is 4.26. The van der Waals surface area contributed by atoms with Crippen molar-refractivity contribution in [2.45, 2.75) is 45.1 Å². The van der Waals surface area contributed by atoms with Crippen LogP contribution >= 0.6 is 11.3 Å². The minimum Gasteiger partial charge on any atom is -0.302 e. The number of allylic oxidation sites excluding steroid dienone is 2. The fourth-order valence-electron chi connectivity index (χ4n) is 3.02. The number of nitrogens with one attached hydrogen (secondary N) is 1. The SMILES string of the molecule is O=C(Nc1nc(CN2CCCCC2)cs1)C1CC=CCC1. The summed E-state index contributed by atoms with van der Waals surface area (Å²) in [6.07, 6.45) is 11.0. The summed E-state index contributed by atoms with van der Waals surface area (Å²) in [5.41, 5.74) is 1.08. The van der Waals surface area contributed by atoms with E-state index < -0.39 is 0 Å². The van der Waals surface area contributed by atoms with Crippen LogP contribution in [-0.4, -0.2) is 28.9 Å². The lowest BCUT2D eigenvalue weighted by Crippen LogP contribution is -2.29. The lowest BCUT2D eigenvalue weighted by Gasteiger charge is -2.25. The number of carbonyl (C=O) groups excluding carboxylic acids is 1. The van der Waals surface area contributed by atoms with Gasteiger partial charge in [-0.2, -0.15) is 0 Å². The first-order valence-electron chi connectivity index (χ1n) is 7.94. The first-order valence-corrected chi connectivity index (χ1v) is 8.82. The van der Waals surface area contributed by atoms with Crippen LogP contribution < -0.4 is 5.32 Å². The summed E-state index contributed by atoms with van der Waals surface area (Å²) in [5, 5.41) is 5.81. The number of likely N-dealkylation sites (tertiary alicyclic amines) is 1. The summed E-state index contributed by atoms with van der Waals surface area (Å²) >= 11 is 1.54. The van der Waals surface area contributed by atoms with Gasteiger partial charge in [0.15, 0.2) is 5.13 Å². The number of nitrogens with zero attached hydrogens (tertiary/aromatic N) is 2. The lowest BCUT2D eigenvalue weighted by atomic mass is 9.94. The van der Waals surface area contributed by atoms with Crippen LogP contribution in [0.5, 0.6) is 0 Å². The molecule has 4 nitrogen and oxygen atoms in total. The number of thiazole rings is 1. The molecule has 1 atom stereocenters. The van der Waals surface area contributed by atoms with Gasteiger partial charge >= 0.3 is 0 Å². The molecule has 3 rings (SSSR count). The summed E-state index contributed by atoms with van der Waals surface area (Å²) in [7, 11) is 0. The van der Waals surface area contributed by atoms with Crippen LogP contribution in [-0.2, 0) is 11.3 Å². The third kappa shape index (κ3) is 4.14. The van der Waals surface area contributed by atoms with Gasteiger partial charge in [-0.3, -0.25) is 9.69 Å². The molecule has 1 aliphatic carbocycles. The predicted molar refractivity (Wildman–Crippen MR) is 86.4 cm³/mol. The first kappa shape index (κ1) is 14.7. The van der Waals surface area contributed by atoms with Crippen molar-refractivity contribution in [1.82, 2.24) is 9.88 Å². The van der Waals surface area contributed by atoms with E-state index in [9.17, 15) is 4.79 Å². The zero-order chi connectivity index (χ0) is 14.5. The molecule has 114 valence electrons. The third-order valence-corrected chi connectivity index (χ3v) is 5.06. The van der Waals surface area contributed by atoms with Gasteiger partial charge in [-0.1, -0.05) is 18.6 Å². The standard InChI is InChI=1S/C16H23N3OS/c20-15(13-7-3-1-4-8-13)18-16-17-14(12-21-16)11-19-9-5-2-6-10-19/h1,3,12-13H,2,4-11H2,(H,17,18,20). The number of anilines is 1. The number of aromatic nitrogens is 1. The maximum atomic E-state index is 12.2. The maximum Gasteiger partial charge on any atom is 0.229 e. The van der Waals surface area contributed by atoms with Gasteiger partial charge < -0.3 is 5.32 Å². The van der Waals surface area contributed by atoms with E-state index in [1.807, 2.05) is 0 Å². The quantitative estimate of drug-likeness (QED) is 0.867. The second kappa shape index (κ2) is 7.18. The second-order valence-corrected chi connectivity index (χ2v) is 6.81. The number of hydrogen-bond acceptors (Lipinski definition) is 4. The Morgan fingerprint density at radius 1 is 1.33 bits per heavy atom. The lowest BCUT2D eigenvalue weighted by molar-refractivity contribution is -0.120. The van der Waals surface area contributed by atoms with Gasteiger partial charge in [-0.05, 0) is 45.2 Å².